The quantitative estimate of drug-likeness (QED) is 0.752. The molecule has 1 aromatic carbocycles. The monoisotopic (exact) mass is 227 g/mol. The first-order valence-corrected chi connectivity index (χ1v) is 5.08. The minimum atomic E-state index is 0.618. The zero-order valence-corrected chi connectivity index (χ0v) is 9.33. The maximum Gasteiger partial charge on any atom is 0.321 e. The summed E-state index contributed by atoms with van der Waals surface area (Å²) in [5.41, 5.74) is 1.34. The van der Waals surface area contributed by atoms with Crippen molar-refractivity contribution in [2.45, 2.75) is 0 Å². The lowest BCUT2D eigenvalue weighted by Crippen LogP contribution is -2.14. The third kappa shape index (κ3) is 2.25. The van der Waals surface area contributed by atoms with Crippen LogP contribution in [0.3, 0.4) is 0 Å². The average molecular weight is 227 g/mol. The van der Waals surface area contributed by atoms with Crippen LogP contribution in [0, 0.1) is 0 Å². The lowest BCUT2D eigenvalue weighted by atomic mass is 10.2. The number of nitrogens with zero attached hydrogens (tertiary/aromatic N) is 2. The molecule has 0 aliphatic heterocycles. The second-order valence-corrected chi connectivity index (χ2v) is 3.30. The molecular formula is C13H11N2O2. The lowest BCUT2D eigenvalue weighted by molar-refractivity contribution is 0.416. The number of methoxy groups -OCH3 is 1. The molecule has 1 amide bonds. The van der Waals surface area contributed by atoms with Crippen LogP contribution in [0.15, 0.2) is 48.8 Å². The minimum absolute atomic E-state index is 0.618. The fourth-order valence-electron chi connectivity index (χ4n) is 1.55. The van der Waals surface area contributed by atoms with Crippen LogP contribution in [-0.4, -0.2) is 18.5 Å². The van der Waals surface area contributed by atoms with E-state index >= 15 is 0 Å². The smallest absolute Gasteiger partial charge is 0.321 e. The molecule has 1 heterocycles. The molecule has 0 saturated carbocycles. The first-order chi connectivity index (χ1) is 8.36. The zero-order valence-electron chi connectivity index (χ0n) is 9.33. The molecule has 2 aromatic rings. The van der Waals surface area contributed by atoms with Gasteiger partial charge < -0.3 is 4.74 Å². The van der Waals surface area contributed by atoms with Gasteiger partial charge in [-0.05, 0) is 24.3 Å². The molecule has 85 valence electrons. The molecule has 0 aliphatic rings. The average Bonchev–Trinajstić information content (AvgIpc) is 2.41. The second-order valence-electron chi connectivity index (χ2n) is 3.30. The Morgan fingerprint density at radius 1 is 1.18 bits per heavy atom. The van der Waals surface area contributed by atoms with Crippen LogP contribution >= 0.6 is 0 Å². The van der Waals surface area contributed by atoms with Gasteiger partial charge in [0.15, 0.2) is 0 Å². The van der Waals surface area contributed by atoms with Gasteiger partial charge in [0.2, 0.25) is 0 Å². The Balaban J connectivity index is 2.46. The van der Waals surface area contributed by atoms with Crippen molar-refractivity contribution in [3.63, 3.8) is 0 Å². The topological polar surface area (TPSA) is 42.4 Å². The Morgan fingerprint density at radius 3 is 2.53 bits per heavy atom. The number of anilines is 2. The van der Waals surface area contributed by atoms with Crippen LogP contribution in [0.1, 0.15) is 0 Å². The van der Waals surface area contributed by atoms with E-state index in [4.69, 9.17) is 4.74 Å². The van der Waals surface area contributed by atoms with Crippen molar-refractivity contribution in [3.8, 4) is 5.75 Å². The van der Waals surface area contributed by atoms with Gasteiger partial charge in [0.25, 0.3) is 0 Å². The summed E-state index contributed by atoms with van der Waals surface area (Å²) < 4.78 is 5.21. The van der Waals surface area contributed by atoms with Gasteiger partial charge in [0.05, 0.1) is 18.5 Å². The SMILES string of the molecule is COc1ccccc1N([C]=O)c1ccncc1. The molecule has 0 saturated heterocycles. The van der Waals surface area contributed by atoms with Crippen LogP contribution in [0.2, 0.25) is 0 Å². The molecule has 1 aromatic heterocycles. The van der Waals surface area contributed by atoms with E-state index in [1.807, 2.05) is 18.5 Å². The van der Waals surface area contributed by atoms with E-state index < -0.39 is 0 Å². The van der Waals surface area contributed by atoms with Crippen molar-refractivity contribution >= 4 is 17.8 Å². The highest BCUT2D eigenvalue weighted by atomic mass is 16.5. The number of carbonyl (C=O) groups excluding carboxylic acids is 1. The van der Waals surface area contributed by atoms with Gasteiger partial charge in [-0.3, -0.25) is 14.7 Å². The summed E-state index contributed by atoms with van der Waals surface area (Å²) in [4.78, 5) is 16.4. The van der Waals surface area contributed by atoms with Gasteiger partial charge in [0, 0.05) is 12.4 Å². The summed E-state index contributed by atoms with van der Waals surface area (Å²) in [5, 5.41) is 0. The number of ether oxygens (including phenoxy) is 1. The molecule has 4 heteroatoms. The summed E-state index contributed by atoms with van der Waals surface area (Å²) >= 11 is 0. The van der Waals surface area contributed by atoms with Crippen molar-refractivity contribution in [1.82, 2.24) is 4.98 Å². The van der Waals surface area contributed by atoms with Crippen molar-refractivity contribution in [2.75, 3.05) is 12.0 Å². The molecule has 0 aliphatic carbocycles. The van der Waals surface area contributed by atoms with Crippen LogP contribution in [-0.2, 0) is 4.79 Å². The van der Waals surface area contributed by atoms with E-state index in [2.05, 4.69) is 4.98 Å². The van der Waals surface area contributed by atoms with Crippen molar-refractivity contribution in [2.24, 2.45) is 0 Å². The number of rotatable bonds is 4. The molecule has 4 nitrogen and oxygen atoms in total. The number of hydrogen-bond donors (Lipinski definition) is 0. The van der Waals surface area contributed by atoms with E-state index in [1.54, 1.807) is 43.8 Å². The normalized spacial score (nSPS) is 9.71. The third-order valence-electron chi connectivity index (χ3n) is 2.34. The van der Waals surface area contributed by atoms with E-state index in [9.17, 15) is 4.79 Å². The maximum absolute atomic E-state index is 11.1. The number of para-hydroxylation sites is 2. The van der Waals surface area contributed by atoms with Crippen LogP contribution in [0.4, 0.5) is 11.4 Å². The Labute approximate surface area is 99.5 Å². The summed E-state index contributed by atoms with van der Waals surface area (Å²) in [7, 11) is 1.56. The molecule has 0 unspecified atom stereocenters. The largest absolute Gasteiger partial charge is 0.495 e. The lowest BCUT2D eigenvalue weighted by Gasteiger charge is -2.18. The van der Waals surface area contributed by atoms with Gasteiger partial charge in [-0.2, -0.15) is 0 Å². The van der Waals surface area contributed by atoms with Gasteiger partial charge in [-0.1, -0.05) is 12.1 Å². The number of hydrogen-bond acceptors (Lipinski definition) is 3. The highest BCUT2D eigenvalue weighted by molar-refractivity contribution is 5.89. The molecule has 1 radical (unpaired) electrons. The Morgan fingerprint density at radius 2 is 1.88 bits per heavy atom. The number of amides is 1. The predicted molar refractivity (Wildman–Crippen MR) is 65.1 cm³/mol. The van der Waals surface area contributed by atoms with Gasteiger partial charge in [-0.15, -0.1) is 0 Å². The number of benzene rings is 1. The van der Waals surface area contributed by atoms with E-state index in [0.29, 0.717) is 17.1 Å². The Hall–Kier alpha value is -2.36. The number of aromatic nitrogens is 1. The van der Waals surface area contributed by atoms with Crippen molar-refractivity contribution in [1.29, 1.82) is 0 Å². The summed E-state index contributed by atoms with van der Waals surface area (Å²) in [6.45, 7) is 0. The highest BCUT2D eigenvalue weighted by Gasteiger charge is 2.13. The fraction of sp³-hybridized carbons (Fsp3) is 0.0769. The van der Waals surface area contributed by atoms with Crippen LogP contribution in [0.5, 0.6) is 5.75 Å². The van der Waals surface area contributed by atoms with Crippen molar-refractivity contribution in [3.05, 3.63) is 48.8 Å². The molecule has 0 fully saturated rings. The summed E-state index contributed by atoms with van der Waals surface area (Å²) in [5.74, 6) is 0.618. The molecular weight excluding hydrogens is 216 g/mol. The first-order valence-electron chi connectivity index (χ1n) is 5.08. The Bertz CT molecular complexity index is 500. The van der Waals surface area contributed by atoms with Crippen LogP contribution in [0.25, 0.3) is 0 Å². The van der Waals surface area contributed by atoms with Crippen LogP contribution < -0.4 is 9.64 Å². The minimum Gasteiger partial charge on any atom is -0.495 e. The number of pyridine rings is 1. The third-order valence-corrected chi connectivity index (χ3v) is 2.34. The Kier molecular flexibility index (Phi) is 3.35. The second kappa shape index (κ2) is 5.12. The fourth-order valence-corrected chi connectivity index (χ4v) is 1.55. The molecule has 0 bridgehead atoms. The standard InChI is InChI=1S/C13H11N2O2/c1-17-13-5-3-2-4-12(13)15(10-16)11-6-8-14-9-7-11/h2-9H,1H3. The first kappa shape index (κ1) is 11.1. The maximum atomic E-state index is 11.1. The molecule has 0 atom stereocenters. The van der Waals surface area contributed by atoms with Gasteiger partial charge in [-0.25, -0.2) is 0 Å². The molecule has 2 rings (SSSR count). The predicted octanol–water partition coefficient (Wildman–Crippen LogP) is 2.30. The molecule has 0 spiro atoms. The summed E-state index contributed by atoms with van der Waals surface area (Å²) in [6.07, 6.45) is 5.13. The van der Waals surface area contributed by atoms with Gasteiger partial charge >= 0.3 is 6.41 Å². The van der Waals surface area contributed by atoms with E-state index in [0.717, 1.165) is 0 Å². The zero-order chi connectivity index (χ0) is 12.1. The van der Waals surface area contributed by atoms with Gasteiger partial charge in [0.1, 0.15) is 5.75 Å². The highest BCUT2D eigenvalue weighted by Crippen LogP contribution is 2.31. The van der Waals surface area contributed by atoms with E-state index in [1.165, 1.54) is 4.90 Å². The molecule has 0 N–H and O–H groups in total. The van der Waals surface area contributed by atoms with E-state index in [-0.39, 0.29) is 0 Å². The summed E-state index contributed by atoms with van der Waals surface area (Å²) in [6, 6.07) is 10.7. The molecule has 17 heavy (non-hydrogen) atoms. The van der Waals surface area contributed by atoms with Crippen molar-refractivity contribution < 1.29 is 9.53 Å².